The molecule has 1 N–H and O–H groups in total. The number of aromatic nitrogens is 4. The lowest BCUT2D eigenvalue weighted by Gasteiger charge is -2.08. The summed E-state index contributed by atoms with van der Waals surface area (Å²) >= 11 is 12.0. The van der Waals surface area contributed by atoms with Gasteiger partial charge in [0.2, 0.25) is 0 Å². The SMILES string of the molecule is Cn1ncc2c(Nc3ccc(Cl)cc3Cl)ncnc21. The number of nitrogens with one attached hydrogen (secondary N) is 1. The molecule has 0 atom stereocenters. The molecule has 0 spiro atoms. The van der Waals surface area contributed by atoms with Gasteiger partial charge in [0.05, 0.1) is 22.3 Å². The number of nitrogens with zero attached hydrogens (tertiary/aromatic N) is 4. The molecule has 0 saturated heterocycles. The van der Waals surface area contributed by atoms with E-state index < -0.39 is 0 Å². The third-order valence-corrected chi connectivity index (χ3v) is 3.26. The average molecular weight is 294 g/mol. The van der Waals surface area contributed by atoms with Gasteiger partial charge in [-0.25, -0.2) is 9.97 Å². The largest absolute Gasteiger partial charge is 0.338 e. The molecule has 5 nitrogen and oxygen atoms in total. The molecule has 2 aromatic heterocycles. The summed E-state index contributed by atoms with van der Waals surface area (Å²) in [4.78, 5) is 8.39. The van der Waals surface area contributed by atoms with Crippen molar-refractivity contribution in [3.8, 4) is 0 Å². The lowest BCUT2D eigenvalue weighted by molar-refractivity contribution is 0.785. The molecular weight excluding hydrogens is 285 g/mol. The van der Waals surface area contributed by atoms with Crippen LogP contribution in [0.4, 0.5) is 11.5 Å². The van der Waals surface area contributed by atoms with E-state index in [1.807, 2.05) is 7.05 Å². The van der Waals surface area contributed by atoms with E-state index in [1.54, 1.807) is 29.1 Å². The fourth-order valence-corrected chi connectivity index (χ4v) is 2.24. The fourth-order valence-electron chi connectivity index (χ4n) is 1.78. The zero-order valence-corrected chi connectivity index (χ0v) is 11.4. The maximum Gasteiger partial charge on any atom is 0.163 e. The summed E-state index contributed by atoms with van der Waals surface area (Å²) < 4.78 is 1.69. The fraction of sp³-hybridized carbons (Fsp3) is 0.0833. The Labute approximate surface area is 119 Å². The molecular formula is C12H9Cl2N5. The lowest BCUT2D eigenvalue weighted by atomic mass is 10.3. The monoisotopic (exact) mass is 293 g/mol. The Morgan fingerprint density at radius 2 is 2.05 bits per heavy atom. The van der Waals surface area contributed by atoms with E-state index in [0.717, 1.165) is 16.7 Å². The van der Waals surface area contributed by atoms with Gasteiger partial charge < -0.3 is 5.32 Å². The second-order valence-corrected chi connectivity index (χ2v) is 4.82. The minimum Gasteiger partial charge on any atom is -0.338 e. The van der Waals surface area contributed by atoms with Crippen molar-refractivity contribution < 1.29 is 0 Å². The minimum atomic E-state index is 0.531. The molecule has 0 aliphatic rings. The van der Waals surface area contributed by atoms with Crippen molar-refractivity contribution in [1.29, 1.82) is 0 Å². The van der Waals surface area contributed by atoms with Crippen LogP contribution in [-0.4, -0.2) is 19.7 Å². The quantitative estimate of drug-likeness (QED) is 0.787. The molecule has 0 bridgehead atoms. The van der Waals surface area contributed by atoms with Gasteiger partial charge in [0.25, 0.3) is 0 Å². The molecule has 3 rings (SSSR count). The van der Waals surface area contributed by atoms with E-state index in [-0.39, 0.29) is 0 Å². The van der Waals surface area contributed by atoms with Gasteiger partial charge in [-0.15, -0.1) is 0 Å². The predicted molar refractivity (Wildman–Crippen MR) is 76.0 cm³/mol. The Morgan fingerprint density at radius 1 is 1.21 bits per heavy atom. The van der Waals surface area contributed by atoms with Crippen LogP contribution in [0.3, 0.4) is 0 Å². The Balaban J connectivity index is 2.06. The number of benzene rings is 1. The second-order valence-electron chi connectivity index (χ2n) is 3.98. The standard InChI is InChI=1S/C12H9Cl2N5/c1-19-12-8(5-17-19)11(15-6-16-12)18-10-3-2-7(13)4-9(10)14/h2-6H,1H3,(H,15,16,18). The molecule has 0 unspecified atom stereocenters. The number of hydrogen-bond donors (Lipinski definition) is 1. The predicted octanol–water partition coefficient (Wildman–Crippen LogP) is 3.41. The Kier molecular flexibility index (Phi) is 3.00. The topological polar surface area (TPSA) is 55.6 Å². The van der Waals surface area contributed by atoms with Gasteiger partial charge in [-0.1, -0.05) is 23.2 Å². The van der Waals surface area contributed by atoms with Gasteiger partial charge >= 0.3 is 0 Å². The molecule has 1 aromatic carbocycles. The molecule has 19 heavy (non-hydrogen) atoms. The van der Waals surface area contributed by atoms with Crippen LogP contribution in [0.15, 0.2) is 30.7 Å². The summed E-state index contributed by atoms with van der Waals surface area (Å²) in [7, 11) is 1.83. The van der Waals surface area contributed by atoms with Gasteiger partial charge in [-0.05, 0) is 18.2 Å². The third kappa shape index (κ3) is 2.22. The maximum absolute atomic E-state index is 6.12. The molecule has 0 aliphatic carbocycles. The van der Waals surface area contributed by atoms with Gasteiger partial charge in [0.1, 0.15) is 12.1 Å². The highest BCUT2D eigenvalue weighted by atomic mass is 35.5. The first-order valence-corrected chi connectivity index (χ1v) is 6.25. The van der Waals surface area contributed by atoms with Crippen LogP contribution in [0.5, 0.6) is 0 Å². The number of aryl methyl sites for hydroxylation is 1. The van der Waals surface area contributed by atoms with Crippen LogP contribution in [0.2, 0.25) is 10.0 Å². The Morgan fingerprint density at radius 3 is 2.84 bits per heavy atom. The zero-order valence-electron chi connectivity index (χ0n) is 9.93. The van der Waals surface area contributed by atoms with Crippen LogP contribution < -0.4 is 5.32 Å². The summed E-state index contributed by atoms with van der Waals surface area (Å²) in [5.74, 6) is 0.655. The van der Waals surface area contributed by atoms with Crippen molar-refractivity contribution in [2.45, 2.75) is 0 Å². The summed E-state index contributed by atoms with van der Waals surface area (Å²) in [6, 6.07) is 5.24. The molecule has 3 aromatic rings. The summed E-state index contributed by atoms with van der Waals surface area (Å²) in [5, 5.41) is 9.26. The Bertz CT molecular complexity index is 753. The van der Waals surface area contributed by atoms with Crippen LogP contribution >= 0.6 is 23.2 Å². The number of rotatable bonds is 2. The second kappa shape index (κ2) is 4.68. The molecule has 0 aliphatic heterocycles. The summed E-state index contributed by atoms with van der Waals surface area (Å²) in [5.41, 5.74) is 1.48. The molecule has 0 saturated carbocycles. The van der Waals surface area contributed by atoms with E-state index in [9.17, 15) is 0 Å². The normalized spacial score (nSPS) is 10.9. The van der Waals surface area contributed by atoms with Crippen molar-refractivity contribution in [2.75, 3.05) is 5.32 Å². The number of halogens is 2. The van der Waals surface area contributed by atoms with E-state index in [2.05, 4.69) is 20.4 Å². The smallest absolute Gasteiger partial charge is 0.163 e. The van der Waals surface area contributed by atoms with Crippen LogP contribution in [0, 0.1) is 0 Å². The van der Waals surface area contributed by atoms with Gasteiger partial charge in [-0.2, -0.15) is 5.10 Å². The van der Waals surface area contributed by atoms with Crippen LogP contribution in [-0.2, 0) is 7.05 Å². The average Bonchev–Trinajstić information content (AvgIpc) is 2.76. The highest BCUT2D eigenvalue weighted by Crippen LogP contribution is 2.29. The van der Waals surface area contributed by atoms with E-state index in [4.69, 9.17) is 23.2 Å². The van der Waals surface area contributed by atoms with Gasteiger partial charge in [0.15, 0.2) is 5.65 Å². The minimum absolute atomic E-state index is 0.531. The van der Waals surface area contributed by atoms with E-state index in [0.29, 0.717) is 15.9 Å². The molecule has 2 heterocycles. The Hall–Kier alpha value is -1.85. The van der Waals surface area contributed by atoms with Crippen LogP contribution in [0.1, 0.15) is 0 Å². The van der Waals surface area contributed by atoms with Crippen molar-refractivity contribution in [1.82, 2.24) is 19.7 Å². The molecule has 0 amide bonds. The molecule has 7 heteroatoms. The van der Waals surface area contributed by atoms with Crippen LogP contribution in [0.25, 0.3) is 11.0 Å². The van der Waals surface area contributed by atoms with Crippen molar-refractivity contribution in [3.63, 3.8) is 0 Å². The summed E-state index contributed by atoms with van der Waals surface area (Å²) in [6.07, 6.45) is 3.19. The summed E-state index contributed by atoms with van der Waals surface area (Å²) in [6.45, 7) is 0. The highest BCUT2D eigenvalue weighted by molar-refractivity contribution is 6.36. The van der Waals surface area contributed by atoms with Gasteiger partial charge in [-0.3, -0.25) is 4.68 Å². The van der Waals surface area contributed by atoms with Gasteiger partial charge in [0, 0.05) is 12.1 Å². The lowest BCUT2D eigenvalue weighted by Crippen LogP contribution is -1.97. The molecule has 0 radical (unpaired) electrons. The number of fused-ring (bicyclic) bond motifs is 1. The van der Waals surface area contributed by atoms with Crippen molar-refractivity contribution in [3.05, 3.63) is 40.8 Å². The molecule has 0 fully saturated rings. The third-order valence-electron chi connectivity index (χ3n) is 2.71. The zero-order chi connectivity index (χ0) is 13.4. The number of anilines is 2. The first-order chi connectivity index (χ1) is 9.15. The first kappa shape index (κ1) is 12.2. The highest BCUT2D eigenvalue weighted by Gasteiger charge is 2.09. The van der Waals surface area contributed by atoms with Crippen molar-refractivity contribution in [2.24, 2.45) is 7.05 Å². The first-order valence-electron chi connectivity index (χ1n) is 5.50. The van der Waals surface area contributed by atoms with Crippen molar-refractivity contribution >= 4 is 45.7 Å². The number of hydrogen-bond acceptors (Lipinski definition) is 4. The maximum atomic E-state index is 6.12. The molecule has 96 valence electrons. The van der Waals surface area contributed by atoms with E-state index >= 15 is 0 Å². The van der Waals surface area contributed by atoms with E-state index in [1.165, 1.54) is 6.33 Å².